The van der Waals surface area contributed by atoms with E-state index in [9.17, 15) is 23.2 Å². The highest BCUT2D eigenvalue weighted by atomic mass is 19.1. The summed E-state index contributed by atoms with van der Waals surface area (Å²) in [6.07, 6.45) is 2.45. The molecule has 9 nitrogen and oxygen atoms in total. The molecule has 3 heterocycles. The fraction of sp³-hybridized carbons (Fsp3) is 0.379. The number of carbonyl (C=O) groups is 2. The highest BCUT2D eigenvalue weighted by Crippen LogP contribution is 2.45. The van der Waals surface area contributed by atoms with Crippen LogP contribution in [-0.2, 0) is 9.53 Å². The molecule has 1 amide bonds. The summed E-state index contributed by atoms with van der Waals surface area (Å²) >= 11 is 0. The van der Waals surface area contributed by atoms with E-state index >= 15 is 0 Å². The molecule has 11 heteroatoms. The van der Waals surface area contributed by atoms with Crippen LogP contribution in [-0.4, -0.2) is 52.0 Å². The van der Waals surface area contributed by atoms with Crippen molar-refractivity contribution in [3.63, 3.8) is 0 Å². The molecule has 1 saturated heterocycles. The van der Waals surface area contributed by atoms with E-state index in [-0.39, 0.29) is 23.4 Å². The molecule has 0 bridgehead atoms. The summed E-state index contributed by atoms with van der Waals surface area (Å²) in [5.74, 6) is -2.90. The van der Waals surface area contributed by atoms with Crippen molar-refractivity contribution in [3.8, 4) is 5.75 Å². The standard InChI is InChI=1S/C29H30F2N4O5/c1-16(2)24(32)29(38)40-15-39-27-22(36)14-33-35-25(21-4-3-13-34(21)28(37)26(27)35)23(17-5-9-19(30)10-6-17)18-7-11-20(31)12-8-18/h5-12,14,16,21,23-25H,3-4,13,15,32H2,1-2H3/t21-,24+,25-/m1/s1. The number of amides is 1. The highest BCUT2D eigenvalue weighted by molar-refractivity contribution is 5.96. The Kier molecular flexibility index (Phi) is 7.66. The van der Waals surface area contributed by atoms with Crippen molar-refractivity contribution in [2.45, 2.75) is 50.7 Å². The zero-order chi connectivity index (χ0) is 28.6. The second kappa shape index (κ2) is 11.2. The molecule has 0 unspecified atom stereocenters. The maximum Gasteiger partial charge on any atom is 0.326 e. The molecule has 1 aromatic heterocycles. The quantitative estimate of drug-likeness (QED) is 0.336. The van der Waals surface area contributed by atoms with Crippen LogP contribution in [0.2, 0.25) is 0 Å². The maximum absolute atomic E-state index is 13.9. The Morgan fingerprint density at radius 1 is 1.05 bits per heavy atom. The minimum Gasteiger partial charge on any atom is -0.451 e. The molecule has 40 heavy (non-hydrogen) atoms. The first-order valence-electron chi connectivity index (χ1n) is 13.2. The third-order valence-electron chi connectivity index (χ3n) is 7.60. The Balaban J connectivity index is 1.60. The van der Waals surface area contributed by atoms with Crippen LogP contribution in [0.25, 0.3) is 0 Å². The van der Waals surface area contributed by atoms with E-state index in [1.165, 1.54) is 28.9 Å². The molecule has 0 spiro atoms. The van der Waals surface area contributed by atoms with Gasteiger partial charge in [0.15, 0.2) is 5.69 Å². The molecular weight excluding hydrogens is 522 g/mol. The van der Waals surface area contributed by atoms with Crippen molar-refractivity contribution in [1.29, 1.82) is 0 Å². The van der Waals surface area contributed by atoms with E-state index in [2.05, 4.69) is 5.10 Å². The molecule has 210 valence electrons. The predicted molar refractivity (Wildman–Crippen MR) is 141 cm³/mol. The third-order valence-corrected chi connectivity index (χ3v) is 7.60. The number of rotatable bonds is 8. The number of hydrogen-bond acceptors (Lipinski definition) is 7. The minimum atomic E-state index is -0.875. The first-order valence-corrected chi connectivity index (χ1v) is 13.2. The Hall–Kier alpha value is -4.12. The number of ether oxygens (including phenoxy) is 2. The van der Waals surface area contributed by atoms with Gasteiger partial charge in [0.05, 0.1) is 18.3 Å². The number of benzene rings is 2. The molecule has 0 saturated carbocycles. The molecular formula is C29H30F2N4O5. The molecule has 2 aliphatic rings. The second-order valence-electron chi connectivity index (χ2n) is 10.4. The van der Waals surface area contributed by atoms with Gasteiger partial charge in [0.25, 0.3) is 5.91 Å². The fourth-order valence-corrected chi connectivity index (χ4v) is 5.52. The van der Waals surface area contributed by atoms with Gasteiger partial charge in [0.2, 0.25) is 18.0 Å². The molecule has 2 aliphatic heterocycles. The van der Waals surface area contributed by atoms with Gasteiger partial charge >= 0.3 is 5.97 Å². The smallest absolute Gasteiger partial charge is 0.326 e. The summed E-state index contributed by atoms with van der Waals surface area (Å²) in [4.78, 5) is 40.5. The number of aromatic nitrogens is 2. The minimum absolute atomic E-state index is 0.0749. The van der Waals surface area contributed by atoms with Crippen molar-refractivity contribution in [1.82, 2.24) is 14.7 Å². The second-order valence-corrected chi connectivity index (χ2v) is 10.4. The molecule has 2 aromatic carbocycles. The Labute approximate surface area is 229 Å². The van der Waals surface area contributed by atoms with Crippen LogP contribution in [0.1, 0.15) is 60.3 Å². The van der Waals surface area contributed by atoms with Crippen LogP contribution in [0.5, 0.6) is 5.75 Å². The lowest BCUT2D eigenvalue weighted by Crippen LogP contribution is -2.51. The van der Waals surface area contributed by atoms with Crippen LogP contribution in [0.15, 0.2) is 59.5 Å². The van der Waals surface area contributed by atoms with E-state index in [0.29, 0.717) is 13.0 Å². The lowest BCUT2D eigenvalue weighted by Gasteiger charge is -2.42. The topological polar surface area (TPSA) is 117 Å². The summed E-state index contributed by atoms with van der Waals surface area (Å²) in [6, 6.07) is 10.3. The Morgan fingerprint density at radius 3 is 2.23 bits per heavy atom. The van der Waals surface area contributed by atoms with Gasteiger partial charge in [0, 0.05) is 12.5 Å². The van der Waals surface area contributed by atoms with E-state index in [4.69, 9.17) is 15.2 Å². The summed E-state index contributed by atoms with van der Waals surface area (Å²) in [5.41, 5.74) is 6.55. The number of halogens is 2. The largest absolute Gasteiger partial charge is 0.451 e. The number of carbonyl (C=O) groups excluding carboxylic acids is 2. The van der Waals surface area contributed by atoms with Gasteiger partial charge in [0.1, 0.15) is 17.7 Å². The van der Waals surface area contributed by atoms with E-state index in [1.54, 1.807) is 43.0 Å². The first-order chi connectivity index (χ1) is 19.2. The molecule has 3 aromatic rings. The zero-order valence-electron chi connectivity index (χ0n) is 22.1. The van der Waals surface area contributed by atoms with Crippen LogP contribution in [0.3, 0.4) is 0 Å². The predicted octanol–water partition coefficient (Wildman–Crippen LogP) is 3.38. The molecule has 3 atom stereocenters. The summed E-state index contributed by atoms with van der Waals surface area (Å²) < 4.78 is 40.0. The number of nitrogens with zero attached hydrogens (tertiary/aromatic N) is 3. The summed E-state index contributed by atoms with van der Waals surface area (Å²) in [6.45, 7) is 3.37. The maximum atomic E-state index is 13.9. The van der Waals surface area contributed by atoms with Gasteiger partial charge in [-0.3, -0.25) is 19.1 Å². The number of nitrogens with two attached hydrogens (primary N) is 1. The van der Waals surface area contributed by atoms with Gasteiger partial charge in [-0.05, 0) is 54.2 Å². The van der Waals surface area contributed by atoms with Gasteiger partial charge in [-0.25, -0.2) is 8.78 Å². The van der Waals surface area contributed by atoms with Gasteiger partial charge in [-0.1, -0.05) is 38.1 Å². The lowest BCUT2D eigenvalue weighted by atomic mass is 9.80. The van der Waals surface area contributed by atoms with Gasteiger partial charge in [-0.15, -0.1) is 0 Å². The molecule has 0 radical (unpaired) electrons. The highest BCUT2D eigenvalue weighted by Gasteiger charge is 2.48. The van der Waals surface area contributed by atoms with Crippen molar-refractivity contribution < 1.29 is 27.8 Å². The third kappa shape index (κ3) is 5.08. The zero-order valence-corrected chi connectivity index (χ0v) is 22.1. The van der Waals surface area contributed by atoms with Gasteiger partial charge in [-0.2, -0.15) is 5.10 Å². The van der Waals surface area contributed by atoms with Crippen molar-refractivity contribution in [3.05, 3.63) is 93.4 Å². The molecule has 2 N–H and O–H groups in total. The van der Waals surface area contributed by atoms with Crippen LogP contribution in [0, 0.1) is 17.6 Å². The number of fused-ring (bicyclic) bond motifs is 2. The van der Waals surface area contributed by atoms with E-state index in [0.717, 1.165) is 23.7 Å². The monoisotopic (exact) mass is 552 g/mol. The van der Waals surface area contributed by atoms with Crippen LogP contribution in [0.4, 0.5) is 8.78 Å². The van der Waals surface area contributed by atoms with Crippen molar-refractivity contribution >= 4 is 11.9 Å². The molecule has 0 aliphatic carbocycles. The first kappa shape index (κ1) is 27.4. The van der Waals surface area contributed by atoms with Crippen molar-refractivity contribution in [2.75, 3.05) is 13.3 Å². The Bertz CT molecular complexity index is 1410. The number of hydrogen-bond donors (Lipinski definition) is 1. The van der Waals surface area contributed by atoms with E-state index in [1.807, 2.05) is 0 Å². The lowest BCUT2D eigenvalue weighted by molar-refractivity contribution is -0.152. The van der Waals surface area contributed by atoms with E-state index < -0.39 is 53.7 Å². The SMILES string of the molecule is CC(C)[C@H](N)C(=O)OCOc1c2n(ncc1=O)[C@@H](C(c1ccc(F)cc1)c1ccc(F)cc1)[C@H]1CCCN1C2=O. The van der Waals surface area contributed by atoms with Crippen LogP contribution < -0.4 is 15.9 Å². The fourth-order valence-electron chi connectivity index (χ4n) is 5.52. The summed E-state index contributed by atoms with van der Waals surface area (Å²) in [5, 5.41) is 4.37. The normalized spacial score (nSPS) is 19.0. The summed E-state index contributed by atoms with van der Waals surface area (Å²) in [7, 11) is 0. The average Bonchev–Trinajstić information content (AvgIpc) is 3.43. The Morgan fingerprint density at radius 2 is 1.65 bits per heavy atom. The average molecular weight is 553 g/mol. The molecule has 5 rings (SSSR count). The van der Waals surface area contributed by atoms with Crippen molar-refractivity contribution in [2.24, 2.45) is 11.7 Å². The number of esters is 1. The molecule has 1 fully saturated rings. The van der Waals surface area contributed by atoms with Gasteiger partial charge < -0.3 is 20.1 Å². The van der Waals surface area contributed by atoms with Crippen LogP contribution >= 0.6 is 0 Å².